The first kappa shape index (κ1) is 17.8. The summed E-state index contributed by atoms with van der Waals surface area (Å²) in [5.74, 6) is 0.376. The van der Waals surface area contributed by atoms with Gasteiger partial charge in [-0.1, -0.05) is 29.5 Å². The Morgan fingerprint density at radius 1 is 1.26 bits per heavy atom. The second kappa shape index (κ2) is 8.41. The van der Waals surface area contributed by atoms with E-state index in [1.807, 2.05) is 18.2 Å². The standard InChI is InChI=1S/C19H19FN4O2S/c20-16-4-2-1-3-14(16)10-18-23-24-19(27-18)22-11-13-5-7-21-17(9-13)26-15-6-8-25-12-15/h1-5,7,9,15H,6,8,10-12H2,(H,22,24). The van der Waals surface area contributed by atoms with Crippen LogP contribution in [0.4, 0.5) is 9.52 Å². The van der Waals surface area contributed by atoms with E-state index >= 15 is 0 Å². The van der Waals surface area contributed by atoms with Crippen molar-refractivity contribution >= 4 is 16.5 Å². The molecule has 0 amide bonds. The Labute approximate surface area is 160 Å². The molecule has 8 heteroatoms. The first-order valence-corrected chi connectivity index (χ1v) is 9.57. The van der Waals surface area contributed by atoms with Gasteiger partial charge < -0.3 is 14.8 Å². The van der Waals surface area contributed by atoms with Crippen molar-refractivity contribution < 1.29 is 13.9 Å². The van der Waals surface area contributed by atoms with Crippen LogP contribution in [0.1, 0.15) is 22.6 Å². The first-order valence-electron chi connectivity index (χ1n) is 8.75. The average Bonchev–Trinajstić information content (AvgIpc) is 3.34. The fraction of sp³-hybridized carbons (Fsp3) is 0.316. The molecule has 1 unspecified atom stereocenters. The fourth-order valence-corrected chi connectivity index (χ4v) is 3.54. The van der Waals surface area contributed by atoms with E-state index in [4.69, 9.17) is 9.47 Å². The highest BCUT2D eigenvalue weighted by atomic mass is 32.1. The molecule has 27 heavy (non-hydrogen) atoms. The molecule has 0 saturated carbocycles. The average molecular weight is 386 g/mol. The summed E-state index contributed by atoms with van der Waals surface area (Å²) >= 11 is 1.42. The molecule has 0 radical (unpaired) electrons. The first-order chi connectivity index (χ1) is 13.3. The van der Waals surface area contributed by atoms with E-state index in [9.17, 15) is 4.39 Å². The van der Waals surface area contributed by atoms with Crippen molar-refractivity contribution in [3.8, 4) is 5.88 Å². The Kier molecular flexibility index (Phi) is 5.55. The number of benzene rings is 1. The molecule has 0 bridgehead atoms. The van der Waals surface area contributed by atoms with E-state index in [0.717, 1.165) is 23.6 Å². The number of pyridine rings is 1. The number of halogens is 1. The topological polar surface area (TPSA) is 69.2 Å². The quantitative estimate of drug-likeness (QED) is 0.671. The molecule has 3 aromatic rings. The zero-order valence-electron chi connectivity index (χ0n) is 14.6. The smallest absolute Gasteiger partial charge is 0.213 e. The van der Waals surface area contributed by atoms with Gasteiger partial charge in [-0.2, -0.15) is 0 Å². The summed E-state index contributed by atoms with van der Waals surface area (Å²) in [6, 6.07) is 10.5. The Morgan fingerprint density at radius 2 is 2.19 bits per heavy atom. The van der Waals surface area contributed by atoms with Gasteiger partial charge in [0, 0.05) is 31.6 Å². The van der Waals surface area contributed by atoms with Crippen molar-refractivity contribution in [3.05, 3.63) is 64.5 Å². The lowest BCUT2D eigenvalue weighted by Gasteiger charge is -2.11. The molecule has 2 aromatic heterocycles. The largest absolute Gasteiger partial charge is 0.472 e. The highest BCUT2D eigenvalue weighted by Crippen LogP contribution is 2.21. The molecule has 1 saturated heterocycles. The Balaban J connectivity index is 1.34. The van der Waals surface area contributed by atoms with Crippen molar-refractivity contribution in [1.29, 1.82) is 0 Å². The zero-order chi connectivity index (χ0) is 18.5. The van der Waals surface area contributed by atoms with Gasteiger partial charge in [-0.3, -0.25) is 0 Å². The van der Waals surface area contributed by atoms with Crippen LogP contribution in [0, 0.1) is 5.82 Å². The minimum Gasteiger partial charge on any atom is -0.472 e. The summed E-state index contributed by atoms with van der Waals surface area (Å²) in [6.45, 7) is 1.92. The maximum atomic E-state index is 13.8. The van der Waals surface area contributed by atoms with Crippen LogP contribution in [-0.4, -0.2) is 34.5 Å². The predicted octanol–water partition coefficient (Wildman–Crippen LogP) is 3.44. The Hall–Kier alpha value is -2.58. The fourth-order valence-electron chi connectivity index (χ4n) is 2.78. The lowest BCUT2D eigenvalue weighted by atomic mass is 10.1. The molecule has 1 fully saturated rings. The third-order valence-electron chi connectivity index (χ3n) is 4.18. The molecule has 1 aromatic carbocycles. The molecule has 1 aliphatic rings. The SMILES string of the molecule is Fc1ccccc1Cc1nnc(NCc2ccnc(OC3CCOC3)c2)s1. The summed E-state index contributed by atoms with van der Waals surface area (Å²) in [4.78, 5) is 4.25. The number of nitrogens with one attached hydrogen (secondary N) is 1. The second-order valence-electron chi connectivity index (χ2n) is 6.23. The molecule has 6 nitrogen and oxygen atoms in total. The zero-order valence-corrected chi connectivity index (χ0v) is 15.4. The van der Waals surface area contributed by atoms with Crippen LogP contribution in [0.2, 0.25) is 0 Å². The summed E-state index contributed by atoms with van der Waals surface area (Å²) in [5.41, 5.74) is 1.65. The lowest BCUT2D eigenvalue weighted by molar-refractivity contribution is 0.138. The van der Waals surface area contributed by atoms with E-state index < -0.39 is 0 Å². The van der Waals surface area contributed by atoms with Gasteiger partial charge in [-0.25, -0.2) is 9.37 Å². The van der Waals surface area contributed by atoms with Crippen molar-refractivity contribution in [2.45, 2.75) is 25.5 Å². The van der Waals surface area contributed by atoms with Gasteiger partial charge in [0.25, 0.3) is 0 Å². The van der Waals surface area contributed by atoms with E-state index in [0.29, 0.717) is 36.1 Å². The lowest BCUT2D eigenvalue weighted by Crippen LogP contribution is -2.16. The number of hydrogen-bond acceptors (Lipinski definition) is 7. The van der Waals surface area contributed by atoms with E-state index in [2.05, 4.69) is 20.5 Å². The van der Waals surface area contributed by atoms with Crippen LogP contribution in [0.15, 0.2) is 42.6 Å². The summed E-state index contributed by atoms with van der Waals surface area (Å²) in [5, 5.41) is 13.0. The van der Waals surface area contributed by atoms with Gasteiger partial charge in [0.15, 0.2) is 0 Å². The van der Waals surface area contributed by atoms with Crippen molar-refractivity contribution in [2.24, 2.45) is 0 Å². The van der Waals surface area contributed by atoms with Crippen LogP contribution in [0.5, 0.6) is 5.88 Å². The highest BCUT2D eigenvalue weighted by molar-refractivity contribution is 7.15. The van der Waals surface area contributed by atoms with Gasteiger partial charge in [0.05, 0.1) is 13.2 Å². The number of hydrogen-bond donors (Lipinski definition) is 1. The summed E-state index contributed by atoms with van der Waals surface area (Å²) < 4.78 is 24.9. The summed E-state index contributed by atoms with van der Waals surface area (Å²) in [7, 11) is 0. The molecule has 1 atom stereocenters. The van der Waals surface area contributed by atoms with Crippen LogP contribution in [-0.2, 0) is 17.7 Å². The maximum Gasteiger partial charge on any atom is 0.213 e. The van der Waals surface area contributed by atoms with E-state index in [1.165, 1.54) is 17.4 Å². The number of nitrogens with zero attached hydrogens (tertiary/aromatic N) is 3. The number of anilines is 1. The molecular formula is C19H19FN4O2S. The molecule has 0 spiro atoms. The Bertz CT molecular complexity index is 899. The minimum absolute atomic E-state index is 0.0739. The molecule has 1 aliphatic heterocycles. The van der Waals surface area contributed by atoms with E-state index in [-0.39, 0.29) is 11.9 Å². The molecule has 4 rings (SSSR count). The van der Waals surface area contributed by atoms with Crippen molar-refractivity contribution in [1.82, 2.24) is 15.2 Å². The number of ether oxygens (including phenoxy) is 2. The number of aromatic nitrogens is 3. The van der Waals surface area contributed by atoms with Crippen LogP contribution < -0.4 is 10.1 Å². The molecular weight excluding hydrogens is 367 g/mol. The van der Waals surface area contributed by atoms with Crippen LogP contribution in [0.3, 0.4) is 0 Å². The van der Waals surface area contributed by atoms with Gasteiger partial charge >= 0.3 is 0 Å². The Morgan fingerprint density at radius 3 is 3.04 bits per heavy atom. The van der Waals surface area contributed by atoms with Gasteiger partial charge in [0.1, 0.15) is 16.9 Å². The van der Waals surface area contributed by atoms with Gasteiger partial charge in [-0.15, -0.1) is 10.2 Å². The summed E-state index contributed by atoms with van der Waals surface area (Å²) in [6.07, 6.45) is 3.12. The van der Waals surface area contributed by atoms with Crippen molar-refractivity contribution in [3.63, 3.8) is 0 Å². The van der Waals surface area contributed by atoms with Gasteiger partial charge in [-0.05, 0) is 23.3 Å². The van der Waals surface area contributed by atoms with Crippen molar-refractivity contribution in [2.75, 3.05) is 18.5 Å². The monoisotopic (exact) mass is 386 g/mol. The van der Waals surface area contributed by atoms with Gasteiger partial charge in [0.2, 0.25) is 11.0 Å². The second-order valence-corrected chi connectivity index (χ2v) is 7.29. The third kappa shape index (κ3) is 4.78. The van der Waals surface area contributed by atoms with Crippen LogP contribution >= 0.6 is 11.3 Å². The molecule has 1 N–H and O–H groups in total. The minimum atomic E-state index is -0.223. The third-order valence-corrected chi connectivity index (χ3v) is 5.07. The normalized spacial score (nSPS) is 16.4. The van der Waals surface area contributed by atoms with E-state index in [1.54, 1.807) is 18.3 Å². The van der Waals surface area contributed by atoms with Crippen LogP contribution in [0.25, 0.3) is 0 Å². The molecule has 3 heterocycles. The number of rotatable bonds is 7. The molecule has 0 aliphatic carbocycles. The molecule has 140 valence electrons. The predicted molar refractivity (Wildman–Crippen MR) is 101 cm³/mol. The highest BCUT2D eigenvalue weighted by Gasteiger charge is 2.17. The maximum absolute atomic E-state index is 13.8.